The fourth-order valence-electron chi connectivity index (χ4n) is 5.03. The normalized spacial score (nSPS) is 15.2. The molecule has 0 fully saturated rings. The number of hydrogen-bond donors (Lipinski definition) is 2. The van der Waals surface area contributed by atoms with Crippen molar-refractivity contribution in [2.75, 3.05) is 0 Å². The Hall–Kier alpha value is -3.46. The van der Waals surface area contributed by atoms with Crippen LogP contribution in [0.15, 0.2) is 46.2 Å². The van der Waals surface area contributed by atoms with Gasteiger partial charge in [0.1, 0.15) is 23.3 Å². The molecule has 0 radical (unpaired) electrons. The number of ether oxygens (including phenoxy) is 2. The number of hydrogen-bond acceptors (Lipinski definition) is 10. The van der Waals surface area contributed by atoms with Crippen LogP contribution < -0.4 is 9.44 Å². The Morgan fingerprint density at radius 3 is 1.21 bits per heavy atom. The molecule has 0 bridgehead atoms. The maximum absolute atomic E-state index is 13.7. The third-order valence-electron chi connectivity index (χ3n) is 6.97. The van der Waals surface area contributed by atoms with E-state index in [1.165, 1.54) is 12.1 Å². The van der Waals surface area contributed by atoms with Gasteiger partial charge in [-0.15, -0.1) is 0 Å². The van der Waals surface area contributed by atoms with Crippen molar-refractivity contribution in [1.29, 1.82) is 0 Å². The minimum atomic E-state index is -4.40. The first-order chi connectivity index (χ1) is 21.8. The molecule has 2 N–H and O–H groups in total. The molecule has 2 aromatic rings. The van der Waals surface area contributed by atoms with E-state index >= 15 is 0 Å². The zero-order valence-corrected chi connectivity index (χ0v) is 30.7. The van der Waals surface area contributed by atoms with Crippen molar-refractivity contribution in [1.82, 2.24) is 9.44 Å². The number of carbonyl (C=O) groups is 4. The van der Waals surface area contributed by atoms with E-state index in [9.17, 15) is 36.0 Å². The number of benzene rings is 2. The van der Waals surface area contributed by atoms with Gasteiger partial charge < -0.3 is 9.47 Å². The number of sulfonamides is 2. The van der Waals surface area contributed by atoms with Crippen LogP contribution in [0.25, 0.3) is 0 Å². The molecular formula is C34H46N2O10S2. The van der Waals surface area contributed by atoms with Crippen LogP contribution >= 0.6 is 0 Å². The van der Waals surface area contributed by atoms with E-state index < -0.39 is 66.8 Å². The van der Waals surface area contributed by atoms with Crippen LogP contribution in [0.5, 0.6) is 0 Å². The number of rotatable bonds is 12. The summed E-state index contributed by atoms with van der Waals surface area (Å²) in [5.41, 5.74) is -2.35. The molecule has 14 heteroatoms. The second kappa shape index (κ2) is 14.2. The SMILES string of the molecule is CC(C)CC(NS(=O)(=O)c1ccc2c(c1)C(=O)c1cc(S(=O)(=O)NC(CC(C)C)C(=O)OC(C)(C)C)ccc1C2=O)C(=O)OC(C)(C)C. The topological polar surface area (TPSA) is 179 Å². The molecule has 0 heterocycles. The Morgan fingerprint density at radius 2 is 0.917 bits per heavy atom. The molecule has 0 aliphatic heterocycles. The van der Waals surface area contributed by atoms with Gasteiger partial charge in [-0.3, -0.25) is 19.2 Å². The van der Waals surface area contributed by atoms with Crippen LogP contribution in [-0.4, -0.2) is 63.6 Å². The molecule has 0 amide bonds. The molecule has 12 nitrogen and oxygen atoms in total. The summed E-state index contributed by atoms with van der Waals surface area (Å²) in [5.74, 6) is -3.05. The summed E-state index contributed by atoms with van der Waals surface area (Å²) in [7, 11) is -8.80. The lowest BCUT2D eigenvalue weighted by Gasteiger charge is -2.26. The first kappa shape index (κ1) is 39.0. The smallest absolute Gasteiger partial charge is 0.324 e. The number of fused-ring (bicyclic) bond motifs is 2. The van der Waals surface area contributed by atoms with E-state index in [0.29, 0.717) is 0 Å². The highest BCUT2D eigenvalue weighted by molar-refractivity contribution is 7.89. The van der Waals surface area contributed by atoms with Gasteiger partial charge in [-0.25, -0.2) is 16.8 Å². The molecule has 48 heavy (non-hydrogen) atoms. The van der Waals surface area contributed by atoms with E-state index in [0.717, 1.165) is 24.3 Å². The third kappa shape index (κ3) is 9.80. The van der Waals surface area contributed by atoms with E-state index in [1.807, 2.05) is 27.7 Å². The summed E-state index contributed by atoms with van der Waals surface area (Å²) < 4.78 is 69.5. The predicted molar refractivity (Wildman–Crippen MR) is 179 cm³/mol. The zero-order chi connectivity index (χ0) is 36.6. The predicted octanol–water partition coefficient (Wildman–Crippen LogP) is 4.53. The molecule has 2 aromatic carbocycles. The maximum atomic E-state index is 13.7. The summed E-state index contributed by atoms with van der Waals surface area (Å²) in [6.45, 7) is 17.2. The minimum Gasteiger partial charge on any atom is -0.459 e. The van der Waals surface area contributed by atoms with Crippen LogP contribution in [0.4, 0.5) is 0 Å². The average Bonchev–Trinajstić information content (AvgIpc) is 2.92. The lowest BCUT2D eigenvalue weighted by atomic mass is 9.84. The van der Waals surface area contributed by atoms with Crippen LogP contribution in [-0.2, 0) is 39.1 Å². The summed E-state index contributed by atoms with van der Waals surface area (Å²) in [4.78, 5) is 52.2. The zero-order valence-electron chi connectivity index (χ0n) is 29.1. The van der Waals surface area contributed by atoms with Crippen molar-refractivity contribution in [3.05, 3.63) is 58.7 Å². The van der Waals surface area contributed by atoms with E-state index in [1.54, 1.807) is 41.5 Å². The maximum Gasteiger partial charge on any atom is 0.324 e. The van der Waals surface area contributed by atoms with E-state index in [2.05, 4.69) is 9.44 Å². The van der Waals surface area contributed by atoms with E-state index in [4.69, 9.17) is 9.47 Å². The van der Waals surface area contributed by atoms with Crippen molar-refractivity contribution < 1.29 is 45.5 Å². The largest absolute Gasteiger partial charge is 0.459 e. The summed E-state index contributed by atoms with van der Waals surface area (Å²) in [5, 5.41) is 0. The molecule has 2 atom stereocenters. The van der Waals surface area contributed by atoms with Crippen LogP contribution in [0, 0.1) is 11.8 Å². The Labute approximate surface area is 283 Å². The van der Waals surface area contributed by atoms with Gasteiger partial charge >= 0.3 is 11.9 Å². The van der Waals surface area contributed by atoms with Gasteiger partial charge in [-0.2, -0.15) is 9.44 Å². The molecule has 0 spiro atoms. The highest BCUT2D eigenvalue weighted by atomic mass is 32.2. The number of ketones is 2. The average molecular weight is 707 g/mol. The molecule has 1 aliphatic carbocycles. The molecule has 0 saturated heterocycles. The molecule has 0 saturated carbocycles. The number of esters is 2. The first-order valence-corrected chi connectivity index (χ1v) is 18.7. The standard InChI is InChI=1S/C34H46N2O10S2/c1-19(2)15-27(31(39)45-33(5,6)7)35-47(41,42)21-11-13-23-25(17-21)30(38)26-18-22(12-14-24(26)29(23)37)48(43,44)36-28(16-20(3)4)32(40)46-34(8,9)10/h11-14,17-20,27-28,35-36H,15-16H2,1-10H3. The van der Waals surface area contributed by atoms with Crippen molar-refractivity contribution in [2.45, 2.75) is 115 Å². The Bertz CT molecular complexity index is 1690. The van der Waals surface area contributed by atoms with E-state index in [-0.39, 0.29) is 56.7 Å². The highest BCUT2D eigenvalue weighted by Crippen LogP contribution is 2.31. The molecule has 2 unspecified atom stereocenters. The molecule has 3 rings (SSSR count). The molecule has 1 aliphatic rings. The van der Waals surface area contributed by atoms with Gasteiger partial charge in [-0.1, -0.05) is 27.7 Å². The van der Waals surface area contributed by atoms with Gasteiger partial charge in [0.15, 0.2) is 11.6 Å². The van der Waals surface area contributed by atoms with Gasteiger partial charge in [0.05, 0.1) is 9.79 Å². The van der Waals surface area contributed by atoms with Gasteiger partial charge in [0, 0.05) is 22.3 Å². The fraction of sp³-hybridized carbons (Fsp3) is 0.529. The summed E-state index contributed by atoms with van der Waals surface area (Å²) in [6.07, 6.45) is 0.280. The van der Waals surface area contributed by atoms with Gasteiger partial charge in [-0.05, 0) is 103 Å². The Morgan fingerprint density at radius 1 is 0.604 bits per heavy atom. The molecular weight excluding hydrogens is 661 g/mol. The number of carbonyl (C=O) groups excluding carboxylic acids is 4. The summed E-state index contributed by atoms with van der Waals surface area (Å²) in [6, 6.07) is 4.36. The monoisotopic (exact) mass is 706 g/mol. The van der Waals surface area contributed by atoms with Crippen LogP contribution in [0.1, 0.15) is 114 Å². The van der Waals surface area contributed by atoms with Crippen molar-refractivity contribution in [2.24, 2.45) is 11.8 Å². The van der Waals surface area contributed by atoms with Crippen LogP contribution in [0.3, 0.4) is 0 Å². The first-order valence-electron chi connectivity index (χ1n) is 15.7. The lowest BCUT2D eigenvalue weighted by Crippen LogP contribution is -2.45. The van der Waals surface area contributed by atoms with Crippen molar-refractivity contribution >= 4 is 43.6 Å². The van der Waals surface area contributed by atoms with Gasteiger partial charge in [0.25, 0.3) is 0 Å². The third-order valence-corrected chi connectivity index (χ3v) is 9.91. The minimum absolute atomic E-state index is 0.0621. The second-order valence-electron chi connectivity index (χ2n) is 14.7. The summed E-state index contributed by atoms with van der Waals surface area (Å²) >= 11 is 0. The Balaban J connectivity index is 1.99. The van der Waals surface area contributed by atoms with Crippen molar-refractivity contribution in [3.63, 3.8) is 0 Å². The Kier molecular flexibility index (Phi) is 11.5. The fourth-order valence-corrected chi connectivity index (χ4v) is 7.47. The van der Waals surface area contributed by atoms with Crippen molar-refractivity contribution in [3.8, 4) is 0 Å². The second-order valence-corrected chi connectivity index (χ2v) is 18.2. The molecule has 0 aromatic heterocycles. The quantitative estimate of drug-likeness (QED) is 0.254. The van der Waals surface area contributed by atoms with Crippen LogP contribution in [0.2, 0.25) is 0 Å². The molecule has 264 valence electrons. The van der Waals surface area contributed by atoms with Gasteiger partial charge in [0.2, 0.25) is 20.0 Å². The lowest BCUT2D eigenvalue weighted by molar-refractivity contribution is -0.158. The highest BCUT2D eigenvalue weighted by Gasteiger charge is 2.36. The number of nitrogens with one attached hydrogen (secondary N) is 2.